The molecule has 0 fully saturated rings. The predicted molar refractivity (Wildman–Crippen MR) is 80.5 cm³/mol. The van der Waals surface area contributed by atoms with Gasteiger partial charge in [-0.05, 0) is 23.8 Å². The Labute approximate surface area is 122 Å². The Bertz CT molecular complexity index is 639. The van der Waals surface area contributed by atoms with E-state index >= 15 is 0 Å². The lowest BCUT2D eigenvalue weighted by atomic mass is 10.1. The number of carbonyl (C=O) groups is 1. The lowest BCUT2D eigenvalue weighted by molar-refractivity contribution is -0.120. The summed E-state index contributed by atoms with van der Waals surface area (Å²) in [6.45, 7) is 0. The van der Waals surface area contributed by atoms with E-state index in [1.807, 2.05) is 30.3 Å². The minimum absolute atomic E-state index is 0.0665. The van der Waals surface area contributed by atoms with Crippen molar-refractivity contribution in [2.24, 2.45) is 5.10 Å². The summed E-state index contributed by atoms with van der Waals surface area (Å²) in [5.41, 5.74) is 3.80. The predicted octanol–water partition coefficient (Wildman–Crippen LogP) is 2.09. The number of methoxy groups -OCH3 is 1. The van der Waals surface area contributed by atoms with Gasteiger partial charge in [0.25, 0.3) is 0 Å². The van der Waals surface area contributed by atoms with Crippen molar-refractivity contribution in [3.8, 4) is 11.5 Å². The Kier molecular flexibility index (Phi) is 4.93. The van der Waals surface area contributed by atoms with E-state index in [0.29, 0.717) is 11.3 Å². The van der Waals surface area contributed by atoms with Crippen LogP contribution in [-0.4, -0.2) is 24.3 Å². The molecule has 0 radical (unpaired) electrons. The van der Waals surface area contributed by atoms with Crippen molar-refractivity contribution >= 4 is 12.1 Å². The largest absolute Gasteiger partial charge is 0.507 e. The zero-order valence-electron chi connectivity index (χ0n) is 11.6. The Hall–Kier alpha value is -2.82. The second-order valence-corrected chi connectivity index (χ2v) is 4.38. The van der Waals surface area contributed by atoms with Crippen molar-refractivity contribution < 1.29 is 14.6 Å². The van der Waals surface area contributed by atoms with Gasteiger partial charge in [0.1, 0.15) is 11.5 Å². The van der Waals surface area contributed by atoms with E-state index in [2.05, 4.69) is 10.5 Å². The van der Waals surface area contributed by atoms with E-state index in [4.69, 9.17) is 4.74 Å². The molecule has 5 nitrogen and oxygen atoms in total. The van der Waals surface area contributed by atoms with E-state index < -0.39 is 0 Å². The highest BCUT2D eigenvalue weighted by atomic mass is 16.5. The fourth-order valence-corrected chi connectivity index (χ4v) is 1.76. The maximum absolute atomic E-state index is 11.7. The Balaban J connectivity index is 1.94. The van der Waals surface area contributed by atoms with Gasteiger partial charge in [-0.25, -0.2) is 5.43 Å². The molecule has 108 valence electrons. The Morgan fingerprint density at radius 3 is 2.76 bits per heavy atom. The van der Waals surface area contributed by atoms with Crippen molar-refractivity contribution in [1.82, 2.24) is 5.43 Å². The van der Waals surface area contributed by atoms with Crippen LogP contribution >= 0.6 is 0 Å². The van der Waals surface area contributed by atoms with Crippen LogP contribution in [0.15, 0.2) is 53.6 Å². The monoisotopic (exact) mass is 284 g/mol. The summed E-state index contributed by atoms with van der Waals surface area (Å²) >= 11 is 0. The van der Waals surface area contributed by atoms with E-state index in [-0.39, 0.29) is 18.1 Å². The number of hydrogen-bond donors (Lipinski definition) is 2. The molecule has 0 bridgehead atoms. The van der Waals surface area contributed by atoms with E-state index in [1.165, 1.54) is 19.4 Å². The van der Waals surface area contributed by atoms with Crippen LogP contribution in [-0.2, 0) is 11.2 Å². The van der Waals surface area contributed by atoms with Gasteiger partial charge >= 0.3 is 0 Å². The maximum atomic E-state index is 11.7. The van der Waals surface area contributed by atoms with Crippen LogP contribution in [0.5, 0.6) is 11.5 Å². The van der Waals surface area contributed by atoms with Gasteiger partial charge in [-0.1, -0.05) is 30.3 Å². The molecule has 0 aliphatic carbocycles. The number of amides is 1. The summed E-state index contributed by atoms with van der Waals surface area (Å²) in [4.78, 5) is 11.7. The van der Waals surface area contributed by atoms with Crippen LogP contribution in [0.3, 0.4) is 0 Å². The number of nitrogens with zero attached hydrogens (tertiary/aromatic N) is 1. The molecule has 0 aliphatic rings. The quantitative estimate of drug-likeness (QED) is 0.652. The molecule has 2 rings (SSSR count). The van der Waals surface area contributed by atoms with Crippen LogP contribution in [0.4, 0.5) is 0 Å². The second kappa shape index (κ2) is 7.09. The van der Waals surface area contributed by atoms with Gasteiger partial charge in [-0.3, -0.25) is 4.79 Å². The molecule has 2 N–H and O–H groups in total. The highest BCUT2D eigenvalue weighted by Gasteiger charge is 2.03. The lowest BCUT2D eigenvalue weighted by Gasteiger charge is -2.03. The number of nitrogens with one attached hydrogen (secondary N) is 1. The van der Waals surface area contributed by atoms with Crippen molar-refractivity contribution in [3.05, 3.63) is 59.7 Å². The van der Waals surface area contributed by atoms with E-state index in [1.54, 1.807) is 12.1 Å². The molecule has 1 amide bonds. The van der Waals surface area contributed by atoms with Gasteiger partial charge in [0.15, 0.2) is 0 Å². The molecule has 5 heteroatoms. The molecule has 0 spiro atoms. The van der Waals surface area contributed by atoms with E-state index in [9.17, 15) is 9.90 Å². The van der Waals surface area contributed by atoms with Gasteiger partial charge < -0.3 is 9.84 Å². The summed E-state index contributed by atoms with van der Waals surface area (Å²) < 4.78 is 5.06. The summed E-state index contributed by atoms with van der Waals surface area (Å²) in [6.07, 6.45) is 1.63. The summed E-state index contributed by atoms with van der Waals surface area (Å²) in [6, 6.07) is 14.2. The number of carbonyl (C=O) groups excluding carboxylic acids is 1. The molecular weight excluding hydrogens is 268 g/mol. The standard InChI is InChI=1S/C16H16N2O3/c1-21-14-7-8-15(19)13(10-14)11-17-18-16(20)9-12-5-3-2-4-6-12/h2-8,10-11,19H,9H2,1H3,(H,18,20)/b17-11+. The number of phenols is 1. The number of ether oxygens (including phenoxy) is 1. The number of phenolic OH excluding ortho intramolecular Hbond substituents is 1. The van der Waals surface area contributed by atoms with Crippen molar-refractivity contribution in [1.29, 1.82) is 0 Å². The van der Waals surface area contributed by atoms with Crippen LogP contribution in [0.1, 0.15) is 11.1 Å². The topological polar surface area (TPSA) is 70.9 Å². The third kappa shape index (κ3) is 4.35. The number of hydrogen-bond acceptors (Lipinski definition) is 4. The first-order valence-corrected chi connectivity index (χ1v) is 6.42. The van der Waals surface area contributed by atoms with Crippen LogP contribution in [0.2, 0.25) is 0 Å². The minimum atomic E-state index is -0.222. The third-order valence-electron chi connectivity index (χ3n) is 2.84. The van der Waals surface area contributed by atoms with Gasteiger partial charge in [-0.15, -0.1) is 0 Å². The Morgan fingerprint density at radius 2 is 2.05 bits per heavy atom. The molecule has 2 aromatic rings. The highest BCUT2D eigenvalue weighted by molar-refractivity contribution is 5.86. The van der Waals surface area contributed by atoms with Crippen molar-refractivity contribution in [3.63, 3.8) is 0 Å². The summed E-state index contributed by atoms with van der Waals surface area (Å²) in [5.74, 6) is 0.446. The van der Waals surface area contributed by atoms with Crippen LogP contribution < -0.4 is 10.2 Å². The van der Waals surface area contributed by atoms with Crippen LogP contribution in [0.25, 0.3) is 0 Å². The molecular formula is C16H16N2O3. The molecule has 2 aromatic carbocycles. The normalized spacial score (nSPS) is 10.5. The first kappa shape index (κ1) is 14.6. The fourth-order valence-electron chi connectivity index (χ4n) is 1.76. The first-order chi connectivity index (χ1) is 10.2. The number of aromatic hydroxyl groups is 1. The van der Waals surface area contributed by atoms with Crippen molar-refractivity contribution in [2.75, 3.05) is 7.11 Å². The molecule has 0 heterocycles. The third-order valence-corrected chi connectivity index (χ3v) is 2.84. The average molecular weight is 284 g/mol. The minimum Gasteiger partial charge on any atom is -0.507 e. The van der Waals surface area contributed by atoms with Crippen LogP contribution in [0, 0.1) is 0 Å². The van der Waals surface area contributed by atoms with Gasteiger partial charge in [0, 0.05) is 5.56 Å². The number of rotatable bonds is 5. The second-order valence-electron chi connectivity index (χ2n) is 4.38. The Morgan fingerprint density at radius 1 is 1.29 bits per heavy atom. The van der Waals surface area contributed by atoms with Gasteiger partial charge in [0.05, 0.1) is 19.7 Å². The summed E-state index contributed by atoms with van der Waals surface area (Å²) in [5, 5.41) is 13.5. The number of benzene rings is 2. The lowest BCUT2D eigenvalue weighted by Crippen LogP contribution is -2.19. The molecule has 0 aliphatic heterocycles. The molecule has 0 saturated heterocycles. The first-order valence-electron chi connectivity index (χ1n) is 6.42. The van der Waals surface area contributed by atoms with Gasteiger partial charge in [0.2, 0.25) is 5.91 Å². The molecule has 0 saturated carbocycles. The molecule has 0 aromatic heterocycles. The zero-order valence-corrected chi connectivity index (χ0v) is 11.6. The fraction of sp³-hybridized carbons (Fsp3) is 0.125. The molecule has 21 heavy (non-hydrogen) atoms. The average Bonchev–Trinajstić information content (AvgIpc) is 2.50. The van der Waals surface area contributed by atoms with E-state index in [0.717, 1.165) is 5.56 Å². The smallest absolute Gasteiger partial charge is 0.244 e. The summed E-state index contributed by atoms with van der Waals surface area (Å²) in [7, 11) is 1.54. The number of hydrazone groups is 1. The highest BCUT2D eigenvalue weighted by Crippen LogP contribution is 2.20. The van der Waals surface area contributed by atoms with Gasteiger partial charge in [-0.2, -0.15) is 5.10 Å². The SMILES string of the molecule is COc1ccc(O)c(/C=N/NC(=O)Cc2ccccc2)c1. The zero-order chi connectivity index (χ0) is 15.1. The van der Waals surface area contributed by atoms with Crippen molar-refractivity contribution in [2.45, 2.75) is 6.42 Å². The molecule has 0 unspecified atom stereocenters. The molecule has 0 atom stereocenters. The maximum Gasteiger partial charge on any atom is 0.244 e.